The molecule has 2 N–H and O–H groups in total. The van der Waals surface area contributed by atoms with Crippen LogP contribution in [0.4, 0.5) is 5.69 Å². The molecule has 1 aromatic heterocycles. The summed E-state index contributed by atoms with van der Waals surface area (Å²) in [4.78, 5) is 16.5. The van der Waals surface area contributed by atoms with Crippen LogP contribution in [0.1, 0.15) is 29.4 Å². The first kappa shape index (κ1) is 16.5. The lowest BCUT2D eigenvalue weighted by Crippen LogP contribution is -2.26. The van der Waals surface area contributed by atoms with Crippen molar-refractivity contribution in [3.63, 3.8) is 0 Å². The third kappa shape index (κ3) is 3.88. The van der Waals surface area contributed by atoms with Gasteiger partial charge in [0.25, 0.3) is 5.91 Å². The second kappa shape index (κ2) is 7.44. The molecule has 23 heavy (non-hydrogen) atoms. The number of phenols is 1. The van der Waals surface area contributed by atoms with Gasteiger partial charge in [0, 0.05) is 19.8 Å². The number of rotatable bonds is 6. The predicted molar refractivity (Wildman–Crippen MR) is 87.7 cm³/mol. The van der Waals surface area contributed by atoms with Gasteiger partial charge in [0.15, 0.2) is 17.2 Å². The summed E-state index contributed by atoms with van der Waals surface area (Å²) in [6.07, 6.45) is 3.99. The van der Waals surface area contributed by atoms with E-state index >= 15 is 0 Å². The topological polar surface area (TPSA) is 88.7 Å². The van der Waals surface area contributed by atoms with E-state index in [9.17, 15) is 9.90 Å². The van der Waals surface area contributed by atoms with Crippen LogP contribution in [0, 0.1) is 0 Å². The fourth-order valence-corrected chi connectivity index (χ4v) is 2.02. The summed E-state index contributed by atoms with van der Waals surface area (Å²) in [5.41, 5.74) is 1.62. The summed E-state index contributed by atoms with van der Waals surface area (Å²) >= 11 is 0. The average Bonchev–Trinajstić information content (AvgIpc) is 2.92. The third-order valence-electron chi connectivity index (χ3n) is 3.23. The molecule has 122 valence electrons. The first-order valence-corrected chi connectivity index (χ1v) is 7.28. The van der Waals surface area contributed by atoms with Crippen LogP contribution in [0.3, 0.4) is 0 Å². The van der Waals surface area contributed by atoms with Crippen molar-refractivity contribution < 1.29 is 14.6 Å². The minimum absolute atomic E-state index is 0.0608. The Hall–Kier alpha value is -2.83. The second-order valence-corrected chi connectivity index (χ2v) is 4.95. The highest BCUT2D eigenvalue weighted by Gasteiger charge is 2.15. The molecule has 1 aromatic carbocycles. The number of aromatic nitrogens is 2. The first-order valence-electron chi connectivity index (χ1n) is 7.28. The van der Waals surface area contributed by atoms with Crippen molar-refractivity contribution in [2.45, 2.75) is 13.3 Å². The number of aromatic hydroxyl groups is 1. The molecular weight excluding hydrogens is 296 g/mol. The Balaban J connectivity index is 2.25. The molecule has 7 nitrogen and oxygen atoms in total. The van der Waals surface area contributed by atoms with Gasteiger partial charge in [0.1, 0.15) is 5.69 Å². The Morgan fingerprint density at radius 3 is 3.00 bits per heavy atom. The number of methoxy groups -OCH3 is 1. The Morgan fingerprint density at radius 1 is 1.52 bits per heavy atom. The number of aliphatic imine (C=N–C) groups is 1. The fraction of sp³-hybridized carbons (Fsp3) is 0.312. The zero-order valence-corrected chi connectivity index (χ0v) is 13.4. The summed E-state index contributed by atoms with van der Waals surface area (Å²) in [6, 6.07) is 4.89. The zero-order chi connectivity index (χ0) is 16.8. The van der Waals surface area contributed by atoms with E-state index in [1.54, 1.807) is 25.4 Å². The fourth-order valence-electron chi connectivity index (χ4n) is 2.02. The lowest BCUT2D eigenvalue weighted by atomic mass is 10.2. The monoisotopic (exact) mass is 316 g/mol. The first-order chi connectivity index (χ1) is 11.1. The number of nitrogens with one attached hydrogen (secondary N) is 1. The van der Waals surface area contributed by atoms with Gasteiger partial charge in [-0.05, 0) is 30.2 Å². The van der Waals surface area contributed by atoms with Gasteiger partial charge in [0.2, 0.25) is 0 Å². The third-order valence-corrected chi connectivity index (χ3v) is 3.23. The van der Waals surface area contributed by atoms with E-state index in [2.05, 4.69) is 15.4 Å². The SMILES string of the molecule is CCCNC(=O)c1c(N=Cc2ccc(O)c(OC)c2)cnn1C. The van der Waals surface area contributed by atoms with Gasteiger partial charge in [-0.15, -0.1) is 0 Å². The summed E-state index contributed by atoms with van der Waals surface area (Å²) in [5.74, 6) is 0.217. The smallest absolute Gasteiger partial charge is 0.271 e. The number of carbonyl (C=O) groups excluding carboxylic acids is 1. The number of carbonyl (C=O) groups is 1. The van der Waals surface area contributed by atoms with Crippen molar-refractivity contribution in [3.8, 4) is 11.5 Å². The molecule has 7 heteroatoms. The molecule has 0 saturated heterocycles. The van der Waals surface area contributed by atoms with Crippen LogP contribution in [-0.2, 0) is 7.05 Å². The van der Waals surface area contributed by atoms with Crippen LogP contribution in [0.25, 0.3) is 0 Å². The van der Waals surface area contributed by atoms with Crippen LogP contribution >= 0.6 is 0 Å². The highest BCUT2D eigenvalue weighted by molar-refractivity contribution is 5.98. The molecule has 0 unspecified atom stereocenters. The zero-order valence-electron chi connectivity index (χ0n) is 13.4. The molecule has 0 radical (unpaired) electrons. The Bertz CT molecular complexity index is 722. The highest BCUT2D eigenvalue weighted by Crippen LogP contribution is 2.26. The van der Waals surface area contributed by atoms with E-state index in [1.165, 1.54) is 24.1 Å². The van der Waals surface area contributed by atoms with Crippen molar-refractivity contribution in [1.29, 1.82) is 0 Å². The number of phenolic OH excluding ortho intramolecular Hbond substituents is 1. The minimum Gasteiger partial charge on any atom is -0.504 e. The molecule has 0 saturated carbocycles. The average molecular weight is 316 g/mol. The Labute approximate surface area is 134 Å². The molecule has 1 heterocycles. The molecule has 0 aliphatic carbocycles. The Morgan fingerprint density at radius 2 is 2.30 bits per heavy atom. The van der Waals surface area contributed by atoms with E-state index in [-0.39, 0.29) is 11.7 Å². The van der Waals surface area contributed by atoms with E-state index in [0.717, 1.165) is 12.0 Å². The standard InChI is InChI=1S/C16H20N4O3/c1-4-7-17-16(22)15-12(10-19-20(15)2)18-9-11-5-6-13(21)14(8-11)23-3/h5-6,8-10,21H,4,7H2,1-3H3,(H,17,22). The van der Waals surface area contributed by atoms with E-state index in [4.69, 9.17) is 4.74 Å². The molecule has 2 aromatic rings. The molecule has 0 fully saturated rings. The number of amides is 1. The van der Waals surface area contributed by atoms with E-state index < -0.39 is 0 Å². The Kier molecular flexibility index (Phi) is 5.35. The largest absolute Gasteiger partial charge is 0.504 e. The van der Waals surface area contributed by atoms with Gasteiger partial charge < -0.3 is 15.2 Å². The molecule has 0 spiro atoms. The predicted octanol–water partition coefficient (Wildman–Crippen LogP) is 2.02. The van der Waals surface area contributed by atoms with Gasteiger partial charge in [-0.3, -0.25) is 14.5 Å². The number of ether oxygens (including phenoxy) is 1. The molecule has 0 aliphatic heterocycles. The lowest BCUT2D eigenvalue weighted by Gasteiger charge is -2.05. The normalized spacial score (nSPS) is 10.9. The number of hydrogen-bond donors (Lipinski definition) is 2. The number of nitrogens with zero attached hydrogens (tertiary/aromatic N) is 3. The van der Waals surface area contributed by atoms with Crippen molar-refractivity contribution >= 4 is 17.8 Å². The van der Waals surface area contributed by atoms with Crippen molar-refractivity contribution in [3.05, 3.63) is 35.7 Å². The van der Waals surface area contributed by atoms with Crippen molar-refractivity contribution in [2.75, 3.05) is 13.7 Å². The number of hydrogen-bond acceptors (Lipinski definition) is 5. The van der Waals surface area contributed by atoms with Crippen molar-refractivity contribution in [2.24, 2.45) is 12.0 Å². The molecule has 1 amide bonds. The van der Waals surface area contributed by atoms with Crippen LogP contribution in [0.2, 0.25) is 0 Å². The van der Waals surface area contributed by atoms with Crippen LogP contribution in [-0.4, -0.2) is 40.7 Å². The summed E-state index contributed by atoms with van der Waals surface area (Å²) in [6.45, 7) is 2.59. The van der Waals surface area contributed by atoms with Gasteiger partial charge in [-0.1, -0.05) is 6.92 Å². The maximum absolute atomic E-state index is 12.2. The number of benzene rings is 1. The van der Waals surface area contributed by atoms with Crippen LogP contribution in [0.15, 0.2) is 29.4 Å². The summed E-state index contributed by atoms with van der Waals surface area (Å²) in [5, 5.41) is 16.5. The maximum Gasteiger partial charge on any atom is 0.271 e. The van der Waals surface area contributed by atoms with Crippen LogP contribution < -0.4 is 10.1 Å². The van der Waals surface area contributed by atoms with Gasteiger partial charge in [-0.2, -0.15) is 5.10 Å². The van der Waals surface area contributed by atoms with Gasteiger partial charge in [0.05, 0.1) is 13.3 Å². The minimum atomic E-state index is -0.206. The van der Waals surface area contributed by atoms with E-state index in [1.807, 2.05) is 6.92 Å². The van der Waals surface area contributed by atoms with Crippen LogP contribution in [0.5, 0.6) is 11.5 Å². The second-order valence-electron chi connectivity index (χ2n) is 4.95. The highest BCUT2D eigenvalue weighted by atomic mass is 16.5. The quantitative estimate of drug-likeness (QED) is 0.798. The number of aryl methyl sites for hydroxylation is 1. The van der Waals surface area contributed by atoms with Gasteiger partial charge in [-0.25, -0.2) is 0 Å². The van der Waals surface area contributed by atoms with Gasteiger partial charge >= 0.3 is 0 Å². The molecule has 0 bridgehead atoms. The molecule has 2 rings (SSSR count). The maximum atomic E-state index is 12.2. The summed E-state index contributed by atoms with van der Waals surface area (Å²) < 4.78 is 6.55. The molecular formula is C16H20N4O3. The molecule has 0 aliphatic rings. The lowest BCUT2D eigenvalue weighted by molar-refractivity contribution is 0.0945. The van der Waals surface area contributed by atoms with E-state index in [0.29, 0.717) is 23.7 Å². The summed E-state index contributed by atoms with van der Waals surface area (Å²) in [7, 11) is 3.18. The molecule has 0 atom stereocenters. The van der Waals surface area contributed by atoms with Crippen molar-refractivity contribution in [1.82, 2.24) is 15.1 Å².